The van der Waals surface area contributed by atoms with Crippen LogP contribution in [0.2, 0.25) is 0 Å². The highest BCUT2D eigenvalue weighted by Crippen LogP contribution is 2.46. The number of hydrogen-bond donors (Lipinski definition) is 0. The van der Waals surface area contributed by atoms with E-state index in [4.69, 9.17) is 9.47 Å². The average molecular weight is 390 g/mol. The van der Waals surface area contributed by atoms with Crippen molar-refractivity contribution < 1.29 is 9.47 Å². The largest absolute Gasteiger partial charge is 0.494 e. The molecule has 2 aliphatic rings. The van der Waals surface area contributed by atoms with Crippen molar-refractivity contribution in [2.24, 2.45) is 0 Å². The van der Waals surface area contributed by atoms with Gasteiger partial charge in [0.05, 0.1) is 6.61 Å². The first-order chi connectivity index (χ1) is 14.8. The van der Waals surface area contributed by atoms with E-state index in [-0.39, 0.29) is 6.10 Å². The van der Waals surface area contributed by atoms with E-state index in [2.05, 4.69) is 68.5 Å². The van der Waals surface area contributed by atoms with Gasteiger partial charge in [-0.3, -0.25) is 0 Å². The lowest BCUT2D eigenvalue weighted by atomic mass is 9.79. The van der Waals surface area contributed by atoms with E-state index in [1.165, 1.54) is 64.7 Å². The van der Waals surface area contributed by atoms with Crippen LogP contribution in [0, 0.1) is 0 Å². The van der Waals surface area contributed by atoms with Crippen LogP contribution in [0.5, 0.6) is 0 Å². The maximum absolute atomic E-state index is 6.31. The van der Waals surface area contributed by atoms with Crippen LogP contribution in [0.4, 0.5) is 0 Å². The highest BCUT2D eigenvalue weighted by atomic mass is 16.5. The summed E-state index contributed by atoms with van der Waals surface area (Å²) in [5.41, 5.74) is 2.67. The minimum atomic E-state index is -0.160. The summed E-state index contributed by atoms with van der Waals surface area (Å²) in [5, 5.41) is 13.5. The lowest BCUT2D eigenvalue weighted by Crippen LogP contribution is -2.26. The van der Waals surface area contributed by atoms with Crippen molar-refractivity contribution in [1.82, 2.24) is 0 Å². The molecule has 0 amide bonds. The zero-order valence-corrected chi connectivity index (χ0v) is 17.2. The third-order valence-electron chi connectivity index (χ3n) is 6.98. The van der Waals surface area contributed by atoms with Crippen molar-refractivity contribution in [1.29, 1.82) is 0 Å². The molecule has 0 heterocycles. The van der Waals surface area contributed by atoms with Gasteiger partial charge in [-0.25, -0.2) is 0 Å². The number of ether oxygens (including phenoxy) is 2. The van der Waals surface area contributed by atoms with Gasteiger partial charge in [0.25, 0.3) is 0 Å². The van der Waals surface area contributed by atoms with Crippen LogP contribution in [0.25, 0.3) is 54.9 Å². The van der Waals surface area contributed by atoms with Crippen molar-refractivity contribution in [2.45, 2.75) is 26.4 Å². The normalized spacial score (nSPS) is 17.1. The molecule has 0 N–H and O–H groups in total. The van der Waals surface area contributed by atoms with Crippen LogP contribution in [0.1, 0.15) is 31.1 Å². The van der Waals surface area contributed by atoms with Gasteiger partial charge in [-0.15, -0.1) is 0 Å². The molecule has 2 heteroatoms. The Morgan fingerprint density at radius 2 is 1.50 bits per heavy atom. The Morgan fingerprint density at radius 1 is 0.733 bits per heavy atom. The van der Waals surface area contributed by atoms with Gasteiger partial charge in [0.15, 0.2) is 0 Å². The second-order valence-electron chi connectivity index (χ2n) is 8.38. The van der Waals surface area contributed by atoms with Gasteiger partial charge in [0.2, 0.25) is 0 Å². The zero-order chi connectivity index (χ0) is 20.0. The van der Waals surface area contributed by atoms with Crippen molar-refractivity contribution >= 4 is 54.9 Å². The molecule has 2 aliphatic carbocycles. The lowest BCUT2D eigenvalue weighted by molar-refractivity contribution is 0.0723. The van der Waals surface area contributed by atoms with Gasteiger partial charge in [-0.05, 0) is 74.3 Å². The van der Waals surface area contributed by atoms with Crippen molar-refractivity contribution in [3.8, 4) is 0 Å². The van der Waals surface area contributed by atoms with Gasteiger partial charge in [-0.1, -0.05) is 54.6 Å². The molecule has 30 heavy (non-hydrogen) atoms. The molecule has 1 atom stereocenters. The second-order valence-corrected chi connectivity index (χ2v) is 8.38. The highest BCUT2D eigenvalue weighted by Gasteiger charge is 2.30. The summed E-state index contributed by atoms with van der Waals surface area (Å²) >= 11 is 0. The van der Waals surface area contributed by atoms with E-state index in [9.17, 15) is 0 Å². The van der Waals surface area contributed by atoms with E-state index in [1.54, 1.807) is 0 Å². The van der Waals surface area contributed by atoms with Gasteiger partial charge in [0, 0.05) is 17.2 Å². The SMILES string of the molecule is CCOC1=c2ccc3c4c5c(ccc6ccc7ccc(c(c24)c7c65)C1OCC)CC=3. The van der Waals surface area contributed by atoms with Crippen LogP contribution in [-0.2, 0) is 15.9 Å². The van der Waals surface area contributed by atoms with Gasteiger partial charge in [-0.2, -0.15) is 0 Å². The molecular formula is C28H22O2. The Bertz CT molecular complexity index is 1640. The summed E-state index contributed by atoms with van der Waals surface area (Å²) in [5.74, 6) is 0.961. The Hall–Kier alpha value is -3.10. The molecule has 0 bridgehead atoms. The van der Waals surface area contributed by atoms with E-state index in [0.717, 1.165) is 12.2 Å². The smallest absolute Gasteiger partial charge is 0.141 e. The highest BCUT2D eigenvalue weighted by molar-refractivity contribution is 6.35. The van der Waals surface area contributed by atoms with Crippen molar-refractivity contribution in [3.63, 3.8) is 0 Å². The molecule has 146 valence electrons. The van der Waals surface area contributed by atoms with E-state index in [0.29, 0.717) is 13.2 Å². The van der Waals surface area contributed by atoms with E-state index in [1.807, 2.05) is 0 Å². The fraction of sp³-hybridized carbons (Fsp3) is 0.214. The number of hydrogen-bond acceptors (Lipinski definition) is 2. The quantitative estimate of drug-likeness (QED) is 0.306. The summed E-state index contributed by atoms with van der Waals surface area (Å²) in [4.78, 5) is 0. The monoisotopic (exact) mass is 390 g/mol. The first kappa shape index (κ1) is 16.7. The molecule has 1 unspecified atom stereocenters. The van der Waals surface area contributed by atoms with Crippen LogP contribution >= 0.6 is 0 Å². The molecular weight excluding hydrogens is 368 g/mol. The summed E-state index contributed by atoms with van der Waals surface area (Å²) in [7, 11) is 0. The van der Waals surface area contributed by atoms with E-state index < -0.39 is 0 Å². The number of benzene rings is 5. The summed E-state index contributed by atoms with van der Waals surface area (Å²) in [6.07, 6.45) is 3.21. The molecule has 5 aromatic rings. The fourth-order valence-corrected chi connectivity index (χ4v) is 5.90. The van der Waals surface area contributed by atoms with Crippen LogP contribution < -0.4 is 10.4 Å². The molecule has 0 radical (unpaired) electrons. The molecule has 0 aliphatic heterocycles. The first-order valence-corrected chi connectivity index (χ1v) is 11.0. The molecule has 0 aromatic heterocycles. The Labute approximate surface area is 174 Å². The van der Waals surface area contributed by atoms with Crippen molar-refractivity contribution in [3.05, 3.63) is 70.1 Å². The first-order valence-electron chi connectivity index (χ1n) is 11.0. The predicted molar refractivity (Wildman–Crippen MR) is 124 cm³/mol. The second kappa shape index (κ2) is 5.74. The Kier molecular flexibility index (Phi) is 3.19. The van der Waals surface area contributed by atoms with Gasteiger partial charge in [0.1, 0.15) is 11.9 Å². The molecule has 2 nitrogen and oxygen atoms in total. The Balaban J connectivity index is 1.89. The van der Waals surface area contributed by atoms with Crippen molar-refractivity contribution in [2.75, 3.05) is 13.2 Å². The van der Waals surface area contributed by atoms with Gasteiger partial charge >= 0.3 is 0 Å². The van der Waals surface area contributed by atoms with Crippen LogP contribution in [0.15, 0.2) is 48.5 Å². The average Bonchev–Trinajstić information content (AvgIpc) is 2.79. The number of rotatable bonds is 4. The maximum atomic E-state index is 6.31. The fourth-order valence-electron chi connectivity index (χ4n) is 5.90. The summed E-state index contributed by atoms with van der Waals surface area (Å²) in [6, 6.07) is 18.2. The van der Waals surface area contributed by atoms with Gasteiger partial charge < -0.3 is 9.47 Å². The minimum Gasteiger partial charge on any atom is -0.494 e. The van der Waals surface area contributed by atoms with Crippen LogP contribution in [0.3, 0.4) is 0 Å². The molecule has 0 fully saturated rings. The third kappa shape index (κ3) is 1.84. The van der Waals surface area contributed by atoms with Crippen LogP contribution in [-0.4, -0.2) is 13.2 Å². The standard InChI is InChI=1S/C28H22O2/c1-3-29-27-19-13-11-17-9-7-15-5-6-16-8-10-18-12-14-20(28(27)30-4-2)26-24(18)22(16)21(15)23(17)25(19)26/h5-7,9-14,27H,3-4,8H2,1-2H3. The zero-order valence-electron chi connectivity index (χ0n) is 17.2. The molecule has 0 spiro atoms. The Morgan fingerprint density at radius 3 is 2.30 bits per heavy atom. The third-order valence-corrected chi connectivity index (χ3v) is 6.98. The van der Waals surface area contributed by atoms with E-state index >= 15 is 0 Å². The maximum Gasteiger partial charge on any atom is 0.141 e. The topological polar surface area (TPSA) is 18.5 Å². The molecule has 0 saturated carbocycles. The predicted octanol–water partition coefficient (Wildman–Crippen LogP) is 5.31. The summed E-state index contributed by atoms with van der Waals surface area (Å²) < 4.78 is 12.6. The molecule has 7 rings (SSSR count). The summed E-state index contributed by atoms with van der Waals surface area (Å²) in [6.45, 7) is 5.40. The molecule has 5 aromatic carbocycles. The lowest BCUT2D eigenvalue weighted by Gasteiger charge is -2.29. The minimum absolute atomic E-state index is 0.160. The molecule has 0 saturated heterocycles.